The molecule has 25 aromatic rings. The summed E-state index contributed by atoms with van der Waals surface area (Å²) in [6, 6.07) is 183. The van der Waals surface area contributed by atoms with Crippen molar-refractivity contribution in [1.29, 1.82) is 0 Å². The maximum Gasteiger partial charge on any atom is 0.0784 e. The Morgan fingerprint density at radius 2 is 0.471 bits per heavy atom. The Morgan fingerprint density at radius 1 is 0.159 bits per heavy atom. The number of nitrogens with zero attached hydrogens (tertiary/aromatic N) is 9. The molecule has 4 aliphatic rings. The number of aromatic nitrogens is 4. The van der Waals surface area contributed by atoms with Crippen LogP contribution in [0.4, 0.5) is 85.3 Å². The first-order chi connectivity index (χ1) is 68.3. The minimum absolute atomic E-state index is 0.184. The second kappa shape index (κ2) is 32.1. The summed E-state index contributed by atoms with van der Waals surface area (Å²) in [7, 11) is 0. The van der Waals surface area contributed by atoms with Gasteiger partial charge in [0.1, 0.15) is 0 Å². The van der Waals surface area contributed by atoms with Crippen LogP contribution in [-0.4, -0.2) is 18.3 Å². The highest BCUT2D eigenvalue weighted by Crippen LogP contribution is 2.59. The van der Waals surface area contributed by atoms with Crippen LogP contribution >= 0.6 is 0 Å². The van der Waals surface area contributed by atoms with Gasteiger partial charge in [0.25, 0.3) is 0 Å². The summed E-state index contributed by atoms with van der Waals surface area (Å²) in [5.74, 6) is 0. The first-order valence-electron chi connectivity index (χ1n) is 47.5. The molecule has 0 bridgehead atoms. The van der Waals surface area contributed by atoms with Crippen LogP contribution in [0.25, 0.3) is 143 Å². The van der Waals surface area contributed by atoms with Crippen LogP contribution in [0.2, 0.25) is 0 Å². The lowest BCUT2D eigenvalue weighted by Crippen LogP contribution is -2.30. The normalized spacial score (nSPS) is 12.9. The molecule has 0 saturated carbocycles. The van der Waals surface area contributed by atoms with Crippen LogP contribution in [0.5, 0.6) is 0 Å². The molecule has 0 aliphatic carbocycles. The van der Waals surface area contributed by atoms with Crippen LogP contribution in [0.1, 0.15) is 25.0 Å². The molecule has 0 N–H and O–H groups in total. The maximum atomic E-state index is 2.49. The number of hydrogen-bond acceptors (Lipinski definition) is 5. The molecule has 29 rings (SSSR count). The lowest BCUT2D eigenvalue weighted by Gasteiger charge is -2.42. The van der Waals surface area contributed by atoms with Crippen molar-refractivity contribution in [2.45, 2.75) is 19.3 Å². The first kappa shape index (κ1) is 79.6. The minimum atomic E-state index is -0.184. The van der Waals surface area contributed by atoms with Gasteiger partial charge in [-0.25, -0.2) is 0 Å². The highest BCUT2D eigenvalue weighted by molar-refractivity contribution is 6.22. The van der Waals surface area contributed by atoms with Crippen molar-refractivity contribution < 1.29 is 0 Å². The largest absolute Gasteiger partial charge is 0.310 e. The van der Waals surface area contributed by atoms with E-state index in [1.54, 1.807) is 0 Å². The zero-order chi connectivity index (χ0) is 91.2. The van der Waals surface area contributed by atoms with Crippen LogP contribution in [0.15, 0.2) is 504 Å². The lowest BCUT2D eigenvalue weighted by molar-refractivity contribution is 0.632. The molecule has 0 amide bonds. The fraction of sp³-hybridized carbons (Fsp3) is 0.0233. The average Bonchev–Trinajstić information content (AvgIpc) is 1.51. The summed E-state index contributed by atoms with van der Waals surface area (Å²) < 4.78 is 9.82. The van der Waals surface area contributed by atoms with Crippen molar-refractivity contribution in [3.63, 3.8) is 0 Å². The SMILES string of the molecule is CC1(C)c2ccccc2N(c2ccccc2)c2ccc(-c3cc4c5c(c3)c3ccccc3n5-c3ccccc3N4c3ccccc3)cc21.c1ccc(-c2cc(-c3ccccc3)cc(N3c4ccccc4-n4c5ccccc5c5cc(-n6c7ccccc7c7ccccc76)cc3c54)c2)cc1.c1ccc(N(c2ccccc2)c2cc3c4c(c2)c2ccccc2n4-c2ccccc2N3c2ccccc2)cc1. The van der Waals surface area contributed by atoms with Crippen LogP contribution in [-0.2, 0) is 5.41 Å². The third-order valence-corrected chi connectivity index (χ3v) is 28.6. The molecule has 138 heavy (non-hydrogen) atoms. The lowest BCUT2D eigenvalue weighted by atomic mass is 9.73. The van der Waals surface area contributed by atoms with Crippen molar-refractivity contribution in [2.24, 2.45) is 0 Å². The van der Waals surface area contributed by atoms with E-state index < -0.39 is 0 Å². The molecular weight excluding hydrogens is 1680 g/mol. The Morgan fingerprint density at radius 3 is 0.913 bits per heavy atom. The summed E-state index contributed by atoms with van der Waals surface area (Å²) in [6.07, 6.45) is 0. The number of para-hydroxylation sites is 17. The van der Waals surface area contributed by atoms with Gasteiger partial charge in [-0.2, -0.15) is 0 Å². The van der Waals surface area contributed by atoms with Crippen molar-refractivity contribution >= 4 is 173 Å². The van der Waals surface area contributed by atoms with E-state index in [4.69, 9.17) is 0 Å². The third-order valence-electron chi connectivity index (χ3n) is 28.6. The van der Waals surface area contributed by atoms with Gasteiger partial charge in [-0.15, -0.1) is 0 Å². The van der Waals surface area contributed by atoms with Crippen molar-refractivity contribution in [2.75, 3.05) is 24.5 Å². The Hall–Kier alpha value is -18.2. The van der Waals surface area contributed by atoms with Gasteiger partial charge < -0.3 is 42.8 Å². The van der Waals surface area contributed by atoms with E-state index in [1.807, 2.05) is 0 Å². The molecule has 0 fully saturated rings. The summed E-state index contributed by atoms with van der Waals surface area (Å²) in [5, 5.41) is 10.0. The second-order valence-corrected chi connectivity index (χ2v) is 36.7. The summed E-state index contributed by atoms with van der Waals surface area (Å²) in [6.45, 7) is 4.73. The van der Waals surface area contributed by atoms with E-state index in [9.17, 15) is 0 Å². The highest BCUT2D eigenvalue weighted by atomic mass is 15.2. The maximum absolute atomic E-state index is 2.49. The summed E-state index contributed by atoms with van der Waals surface area (Å²) >= 11 is 0. The molecule has 9 heteroatoms. The van der Waals surface area contributed by atoms with Crippen LogP contribution < -0.4 is 24.5 Å². The minimum Gasteiger partial charge on any atom is -0.310 e. The smallest absolute Gasteiger partial charge is 0.0784 e. The fourth-order valence-electron chi connectivity index (χ4n) is 22.7. The fourth-order valence-corrected chi connectivity index (χ4v) is 22.7. The summed E-state index contributed by atoms with van der Waals surface area (Å²) in [4.78, 5) is 12.1. The van der Waals surface area contributed by atoms with Gasteiger partial charge in [0, 0.05) is 94.0 Å². The van der Waals surface area contributed by atoms with Gasteiger partial charge in [0.15, 0.2) is 0 Å². The van der Waals surface area contributed by atoms with E-state index in [-0.39, 0.29) is 5.41 Å². The monoisotopic (exact) mass is 1760 g/mol. The van der Waals surface area contributed by atoms with E-state index in [0.29, 0.717) is 0 Å². The molecule has 0 spiro atoms. The molecular formula is C129H89N9. The molecule has 0 saturated heterocycles. The van der Waals surface area contributed by atoms with E-state index in [0.717, 1.165) is 51.2 Å². The number of benzene rings is 21. The zero-order valence-electron chi connectivity index (χ0n) is 75.9. The third kappa shape index (κ3) is 12.6. The van der Waals surface area contributed by atoms with Crippen molar-refractivity contribution in [1.82, 2.24) is 18.3 Å². The molecule has 0 atom stereocenters. The standard InChI is InChI=1S/C48H31N3.C45H33N3.C36H25N3/c1-3-15-32(16-4-1)34-27-35(33-17-5-2-6-18-33)29-36(28-34)50-45-25-13-14-26-46(45)51-44-24-12-9-21-40(44)41-30-37(31-47(50)48(41)51)49-42-22-10-7-19-38(42)39-20-8-11-23-43(39)49;1-45(2)36-20-10-12-22-39(36)46(32-15-5-3-6-16-32)40-26-25-30(28-37(40)45)31-27-35-34-19-9-11-21-38(34)48-42-24-14-13-23-41(42)47(43(29-31)44(35)48)33-17-7-4-8-18-33;1-4-14-26(15-5-1)37(27-16-6-2-7-17-27)29-24-31-30-20-10-11-21-32(30)39-34-23-13-12-22-33(34)38(35(25-29)36(31)39)28-18-8-3-9-19-28/h1-31H;3-29H,1-2H3;1-25H. The van der Waals surface area contributed by atoms with Crippen LogP contribution in [0.3, 0.4) is 0 Å². The quantitative estimate of drug-likeness (QED) is 0.129. The van der Waals surface area contributed by atoms with Gasteiger partial charge in [-0.3, -0.25) is 0 Å². The van der Waals surface area contributed by atoms with E-state index in [2.05, 4.69) is 560 Å². The number of rotatable bonds is 11. The highest BCUT2D eigenvalue weighted by Gasteiger charge is 2.39. The van der Waals surface area contributed by atoms with Gasteiger partial charge >= 0.3 is 0 Å². The predicted octanol–water partition coefficient (Wildman–Crippen LogP) is 35.4. The van der Waals surface area contributed by atoms with Gasteiger partial charge in [-0.05, 0) is 245 Å². The van der Waals surface area contributed by atoms with Gasteiger partial charge in [-0.1, -0.05) is 317 Å². The first-order valence-corrected chi connectivity index (χ1v) is 47.5. The molecule has 21 aromatic carbocycles. The molecule has 0 radical (unpaired) electrons. The predicted molar refractivity (Wildman–Crippen MR) is 579 cm³/mol. The van der Waals surface area contributed by atoms with Gasteiger partial charge in [0.05, 0.1) is 107 Å². The Bertz CT molecular complexity index is 8980. The Labute approximate surface area is 799 Å². The van der Waals surface area contributed by atoms with Crippen molar-refractivity contribution in [3.05, 3.63) is 515 Å². The van der Waals surface area contributed by atoms with Crippen LogP contribution in [0, 0.1) is 0 Å². The number of anilines is 15. The molecule has 4 aromatic heterocycles. The van der Waals surface area contributed by atoms with E-state index >= 15 is 0 Å². The second-order valence-electron chi connectivity index (χ2n) is 36.7. The Balaban J connectivity index is 0.000000105. The topological polar surface area (TPSA) is 35.9 Å². The Kier molecular flexibility index (Phi) is 18.5. The molecule has 4 aliphatic heterocycles. The number of fused-ring (bicyclic) bond motifs is 20. The average molecular weight is 1770 g/mol. The summed E-state index contributed by atoms with van der Waals surface area (Å²) in [5.41, 5.74) is 41.6. The van der Waals surface area contributed by atoms with Crippen molar-refractivity contribution in [3.8, 4) is 56.1 Å². The molecule has 650 valence electrons. The number of hydrogen-bond donors (Lipinski definition) is 0. The van der Waals surface area contributed by atoms with Gasteiger partial charge in [0.2, 0.25) is 0 Å². The molecule has 8 heterocycles. The molecule has 9 nitrogen and oxygen atoms in total. The van der Waals surface area contributed by atoms with E-state index in [1.165, 1.54) is 189 Å². The molecule has 0 unspecified atom stereocenters. The zero-order valence-corrected chi connectivity index (χ0v) is 75.9.